The third-order valence-electron chi connectivity index (χ3n) is 4.32. The van der Waals surface area contributed by atoms with Gasteiger partial charge in [0.2, 0.25) is 0 Å². The minimum Gasteiger partial charge on any atom is -0.309 e. The molecule has 0 aliphatic heterocycles. The molecular formula is C18H20ClN. The van der Waals surface area contributed by atoms with Crippen molar-refractivity contribution in [2.45, 2.75) is 31.2 Å². The Morgan fingerprint density at radius 3 is 2.55 bits per heavy atom. The maximum atomic E-state index is 6.15. The fraction of sp³-hybridized carbons (Fsp3) is 0.333. The Balaban J connectivity index is 2.01. The first-order chi connectivity index (χ1) is 9.79. The molecule has 0 spiro atoms. The molecular weight excluding hydrogens is 266 g/mol. The third-order valence-corrected chi connectivity index (χ3v) is 4.56. The van der Waals surface area contributed by atoms with E-state index in [-0.39, 0.29) is 6.04 Å². The molecule has 104 valence electrons. The van der Waals surface area contributed by atoms with E-state index in [2.05, 4.69) is 41.7 Å². The average molecular weight is 286 g/mol. The second-order valence-electron chi connectivity index (χ2n) is 5.53. The average Bonchev–Trinajstić information content (AvgIpc) is 2.40. The molecule has 0 amide bonds. The second-order valence-corrected chi connectivity index (χ2v) is 5.97. The molecule has 1 atom stereocenters. The summed E-state index contributed by atoms with van der Waals surface area (Å²) < 4.78 is 0. The van der Waals surface area contributed by atoms with Gasteiger partial charge in [-0.05, 0) is 54.6 Å². The normalized spacial score (nSPS) is 16.7. The van der Waals surface area contributed by atoms with Gasteiger partial charge in [0.05, 0.1) is 6.04 Å². The molecule has 2 heteroatoms. The van der Waals surface area contributed by atoms with Crippen molar-refractivity contribution in [3.63, 3.8) is 0 Å². The Kier molecular flexibility index (Phi) is 4.09. The van der Waals surface area contributed by atoms with E-state index in [9.17, 15) is 0 Å². The lowest BCUT2D eigenvalue weighted by Crippen LogP contribution is -2.21. The van der Waals surface area contributed by atoms with Gasteiger partial charge in [0.15, 0.2) is 0 Å². The fourth-order valence-electron chi connectivity index (χ4n) is 3.05. The monoisotopic (exact) mass is 285 g/mol. The Labute approximate surface area is 126 Å². The van der Waals surface area contributed by atoms with Crippen molar-refractivity contribution in [3.05, 3.63) is 70.2 Å². The molecule has 1 aliphatic carbocycles. The highest BCUT2D eigenvalue weighted by Crippen LogP contribution is 2.40. The second kappa shape index (κ2) is 5.99. The molecule has 3 rings (SSSR count). The summed E-state index contributed by atoms with van der Waals surface area (Å²) >= 11 is 6.15. The first-order valence-electron chi connectivity index (χ1n) is 7.31. The minimum atomic E-state index is 0.213. The van der Waals surface area contributed by atoms with Crippen LogP contribution in [0.1, 0.15) is 47.9 Å². The highest BCUT2D eigenvalue weighted by Gasteiger charge is 2.25. The SMILES string of the molecule is CNC(c1cccc(Cl)c1)c1ccccc1C1CCC1. The Hall–Kier alpha value is -1.31. The van der Waals surface area contributed by atoms with Crippen LogP contribution in [-0.2, 0) is 0 Å². The predicted molar refractivity (Wildman–Crippen MR) is 85.4 cm³/mol. The molecule has 1 nitrogen and oxygen atoms in total. The Bertz CT molecular complexity index is 589. The highest BCUT2D eigenvalue weighted by atomic mass is 35.5. The molecule has 0 bridgehead atoms. The van der Waals surface area contributed by atoms with Crippen LogP contribution in [0, 0.1) is 0 Å². The number of hydrogen-bond acceptors (Lipinski definition) is 1. The summed E-state index contributed by atoms with van der Waals surface area (Å²) in [6.07, 6.45) is 4.01. The van der Waals surface area contributed by atoms with E-state index in [1.807, 2.05) is 19.2 Å². The molecule has 20 heavy (non-hydrogen) atoms. The van der Waals surface area contributed by atoms with Gasteiger partial charge in [-0.2, -0.15) is 0 Å². The van der Waals surface area contributed by atoms with Gasteiger partial charge in [-0.1, -0.05) is 54.4 Å². The molecule has 1 unspecified atom stereocenters. The van der Waals surface area contributed by atoms with E-state index in [1.54, 1.807) is 0 Å². The zero-order valence-electron chi connectivity index (χ0n) is 11.8. The molecule has 0 heterocycles. The number of nitrogens with one attached hydrogen (secondary N) is 1. The predicted octanol–water partition coefficient (Wildman–Crippen LogP) is 4.92. The summed E-state index contributed by atoms with van der Waals surface area (Å²) in [4.78, 5) is 0. The Morgan fingerprint density at radius 1 is 1.10 bits per heavy atom. The molecule has 1 aliphatic rings. The molecule has 2 aromatic rings. The zero-order chi connectivity index (χ0) is 13.9. The van der Waals surface area contributed by atoms with Crippen molar-refractivity contribution in [2.24, 2.45) is 0 Å². The zero-order valence-corrected chi connectivity index (χ0v) is 12.5. The third kappa shape index (κ3) is 2.61. The van der Waals surface area contributed by atoms with Gasteiger partial charge in [-0.15, -0.1) is 0 Å². The largest absolute Gasteiger partial charge is 0.309 e. The van der Waals surface area contributed by atoms with Crippen molar-refractivity contribution in [2.75, 3.05) is 7.05 Å². The van der Waals surface area contributed by atoms with Crippen molar-refractivity contribution in [3.8, 4) is 0 Å². The number of rotatable bonds is 4. The lowest BCUT2D eigenvalue weighted by Gasteiger charge is -2.30. The van der Waals surface area contributed by atoms with E-state index in [0.29, 0.717) is 0 Å². The summed E-state index contributed by atoms with van der Waals surface area (Å²) in [6, 6.07) is 17.2. The van der Waals surface area contributed by atoms with Crippen LogP contribution >= 0.6 is 11.6 Å². The van der Waals surface area contributed by atoms with Crippen LogP contribution in [0.5, 0.6) is 0 Å². The van der Waals surface area contributed by atoms with E-state index < -0.39 is 0 Å². The summed E-state index contributed by atoms with van der Waals surface area (Å²) in [6.45, 7) is 0. The van der Waals surface area contributed by atoms with Gasteiger partial charge in [0.1, 0.15) is 0 Å². The van der Waals surface area contributed by atoms with E-state index in [1.165, 1.54) is 36.0 Å². The molecule has 0 radical (unpaired) electrons. The molecule has 1 saturated carbocycles. The van der Waals surface area contributed by atoms with Gasteiger partial charge >= 0.3 is 0 Å². The molecule has 2 aromatic carbocycles. The standard InChI is InChI=1S/C18H20ClN/c1-20-18(14-8-5-9-15(19)12-14)17-11-3-2-10-16(17)13-6-4-7-13/h2-3,5,8-13,18,20H,4,6-7H2,1H3. The lowest BCUT2D eigenvalue weighted by atomic mass is 9.76. The summed E-state index contributed by atoms with van der Waals surface area (Å²) in [5.41, 5.74) is 4.12. The molecule has 0 aromatic heterocycles. The van der Waals surface area contributed by atoms with Crippen LogP contribution in [0.3, 0.4) is 0 Å². The summed E-state index contributed by atoms with van der Waals surface area (Å²) in [7, 11) is 2.02. The van der Waals surface area contributed by atoms with Crippen molar-refractivity contribution < 1.29 is 0 Å². The first kappa shape index (κ1) is 13.7. The van der Waals surface area contributed by atoms with Crippen molar-refractivity contribution in [1.82, 2.24) is 5.32 Å². The Morgan fingerprint density at radius 2 is 1.90 bits per heavy atom. The number of benzene rings is 2. The van der Waals surface area contributed by atoms with Gasteiger partial charge in [-0.3, -0.25) is 0 Å². The maximum Gasteiger partial charge on any atom is 0.0577 e. The van der Waals surface area contributed by atoms with Crippen LogP contribution in [0.15, 0.2) is 48.5 Å². The van der Waals surface area contributed by atoms with Crippen LogP contribution < -0.4 is 5.32 Å². The lowest BCUT2D eigenvalue weighted by molar-refractivity contribution is 0.415. The highest BCUT2D eigenvalue weighted by molar-refractivity contribution is 6.30. The molecule has 1 fully saturated rings. The quantitative estimate of drug-likeness (QED) is 0.841. The molecule has 0 saturated heterocycles. The van der Waals surface area contributed by atoms with Gasteiger partial charge < -0.3 is 5.32 Å². The van der Waals surface area contributed by atoms with Gasteiger partial charge in [0.25, 0.3) is 0 Å². The summed E-state index contributed by atoms with van der Waals surface area (Å²) in [5, 5.41) is 4.24. The summed E-state index contributed by atoms with van der Waals surface area (Å²) in [5.74, 6) is 0.737. The van der Waals surface area contributed by atoms with Crippen molar-refractivity contribution in [1.29, 1.82) is 0 Å². The number of halogens is 1. The van der Waals surface area contributed by atoms with Crippen LogP contribution in [-0.4, -0.2) is 7.05 Å². The number of hydrogen-bond donors (Lipinski definition) is 1. The van der Waals surface area contributed by atoms with Gasteiger partial charge in [-0.25, -0.2) is 0 Å². The van der Waals surface area contributed by atoms with Crippen molar-refractivity contribution >= 4 is 11.6 Å². The smallest absolute Gasteiger partial charge is 0.0577 e. The van der Waals surface area contributed by atoms with Crippen LogP contribution in [0.25, 0.3) is 0 Å². The van der Waals surface area contributed by atoms with E-state index in [0.717, 1.165) is 10.9 Å². The van der Waals surface area contributed by atoms with Crippen LogP contribution in [0.2, 0.25) is 5.02 Å². The maximum absolute atomic E-state index is 6.15. The van der Waals surface area contributed by atoms with Gasteiger partial charge in [0, 0.05) is 5.02 Å². The topological polar surface area (TPSA) is 12.0 Å². The minimum absolute atomic E-state index is 0.213. The fourth-order valence-corrected chi connectivity index (χ4v) is 3.25. The van der Waals surface area contributed by atoms with Crippen LogP contribution in [0.4, 0.5) is 0 Å². The molecule has 1 N–H and O–H groups in total. The first-order valence-corrected chi connectivity index (χ1v) is 7.69. The van der Waals surface area contributed by atoms with E-state index in [4.69, 9.17) is 11.6 Å². The van der Waals surface area contributed by atoms with E-state index >= 15 is 0 Å².